The Labute approximate surface area is 123 Å². The van der Waals surface area contributed by atoms with Crippen molar-refractivity contribution in [2.45, 2.75) is 39.7 Å². The van der Waals surface area contributed by atoms with Gasteiger partial charge in [-0.25, -0.2) is 0 Å². The van der Waals surface area contributed by atoms with E-state index in [1.807, 2.05) is 0 Å². The molecule has 1 aromatic rings. The Hall–Kier alpha value is 0.804. The van der Waals surface area contributed by atoms with Gasteiger partial charge in [0.2, 0.25) is 0 Å². The molecule has 0 amide bonds. The zero-order valence-corrected chi connectivity index (χ0v) is 14.2. The van der Waals surface area contributed by atoms with Crippen LogP contribution in [0, 0.1) is 0 Å². The minimum Gasteiger partial charge on any atom is 1.00 e. The molecule has 0 unspecified atom stereocenters. The van der Waals surface area contributed by atoms with E-state index in [0.29, 0.717) is 14.8 Å². The maximum Gasteiger partial charge on any atom is 1.00 e. The van der Waals surface area contributed by atoms with Crippen molar-refractivity contribution in [2.75, 3.05) is 0 Å². The third kappa shape index (κ3) is 4.67. The average Bonchev–Trinajstić information content (AvgIpc) is 2.28. The first-order valence-corrected chi connectivity index (χ1v) is 7.54. The monoisotopic (exact) mass is 278 g/mol. The van der Waals surface area contributed by atoms with E-state index in [0.717, 1.165) is 0 Å². The van der Waals surface area contributed by atoms with Crippen molar-refractivity contribution < 1.29 is 29.6 Å². The summed E-state index contributed by atoms with van der Waals surface area (Å²) in [5.74, 6) is 0. The van der Waals surface area contributed by atoms with E-state index in [1.165, 1.54) is 19.0 Å². The molecule has 1 aromatic carbocycles. The summed E-state index contributed by atoms with van der Waals surface area (Å²) in [4.78, 5) is -0.0777. The Morgan fingerprint density at radius 3 is 1.80 bits per heavy atom. The fourth-order valence-corrected chi connectivity index (χ4v) is 4.82. The van der Waals surface area contributed by atoms with E-state index in [-0.39, 0.29) is 34.5 Å². The normalized spacial score (nSPS) is 10.9. The second-order valence-electron chi connectivity index (χ2n) is 4.02. The van der Waals surface area contributed by atoms with Gasteiger partial charge < -0.3 is 0 Å². The Morgan fingerprint density at radius 2 is 1.40 bits per heavy atom. The van der Waals surface area contributed by atoms with Gasteiger partial charge in [0.25, 0.3) is 0 Å². The fourth-order valence-electron chi connectivity index (χ4n) is 1.90. The standard InChI is InChI=1S/C12H20BSe.Na/c1-4-13(5-2,6-3)14-12-10-8-7-9-11-12;/h7-11H,4-6H2,1-3H3;/q-1;+1. The van der Waals surface area contributed by atoms with Crippen LogP contribution in [0.25, 0.3) is 0 Å². The molecule has 0 nitrogen and oxygen atoms in total. The number of benzene rings is 1. The van der Waals surface area contributed by atoms with E-state index in [9.17, 15) is 0 Å². The van der Waals surface area contributed by atoms with Crippen molar-refractivity contribution in [1.29, 1.82) is 0 Å². The van der Waals surface area contributed by atoms with Gasteiger partial charge in [-0.1, -0.05) is 0 Å². The van der Waals surface area contributed by atoms with E-state index >= 15 is 0 Å². The van der Waals surface area contributed by atoms with Gasteiger partial charge in [-0.2, -0.15) is 0 Å². The van der Waals surface area contributed by atoms with Gasteiger partial charge in [-0.15, -0.1) is 0 Å². The molecule has 0 radical (unpaired) electrons. The topological polar surface area (TPSA) is 0 Å². The van der Waals surface area contributed by atoms with Crippen molar-refractivity contribution in [1.82, 2.24) is 0 Å². The van der Waals surface area contributed by atoms with Crippen molar-refractivity contribution in [3.63, 3.8) is 0 Å². The summed E-state index contributed by atoms with van der Waals surface area (Å²) in [7, 11) is 0. The predicted octanol–water partition coefficient (Wildman–Crippen LogP) is 0.0253. The number of hydrogen-bond acceptors (Lipinski definition) is 0. The molecule has 0 heterocycles. The average molecular weight is 277 g/mol. The maximum absolute atomic E-state index is 2.36. The summed E-state index contributed by atoms with van der Waals surface area (Å²) in [6.45, 7) is 7.08. The molecule has 1 rings (SSSR count). The quantitative estimate of drug-likeness (QED) is 0.666. The van der Waals surface area contributed by atoms with Crippen LogP contribution in [0.3, 0.4) is 0 Å². The molecule has 0 aliphatic carbocycles. The molecular formula is C12H20BNaSe. The van der Waals surface area contributed by atoms with E-state index in [1.54, 1.807) is 4.46 Å². The molecule has 78 valence electrons. The molecular weight excluding hydrogens is 257 g/mol. The van der Waals surface area contributed by atoms with E-state index in [4.69, 9.17) is 0 Å². The van der Waals surface area contributed by atoms with Crippen molar-refractivity contribution in [3.05, 3.63) is 30.3 Å². The van der Waals surface area contributed by atoms with Gasteiger partial charge in [-0.3, -0.25) is 0 Å². The Bertz CT molecular complexity index is 251. The summed E-state index contributed by atoms with van der Waals surface area (Å²) in [6.07, 6.45) is 4.13. The van der Waals surface area contributed by atoms with Gasteiger partial charge in [0, 0.05) is 0 Å². The van der Waals surface area contributed by atoms with Crippen molar-refractivity contribution in [2.24, 2.45) is 0 Å². The van der Waals surface area contributed by atoms with Crippen molar-refractivity contribution in [3.8, 4) is 0 Å². The fraction of sp³-hybridized carbons (Fsp3) is 0.500. The molecule has 0 atom stereocenters. The molecule has 0 fully saturated rings. The number of rotatable bonds is 5. The molecule has 0 saturated carbocycles. The summed E-state index contributed by atoms with van der Waals surface area (Å²) in [5.41, 5.74) is 0. The Balaban J connectivity index is 0.00000196. The molecule has 0 bridgehead atoms. The minimum atomic E-state index is -0.0777. The zero-order valence-electron chi connectivity index (χ0n) is 10.5. The summed E-state index contributed by atoms with van der Waals surface area (Å²) in [5, 5.41) is 0. The first-order valence-electron chi connectivity index (χ1n) is 5.70. The SMILES string of the molecule is CC[B-](CC)(CC)[Se]c1ccccc1.[Na+]. The Kier molecular flexibility index (Phi) is 8.41. The zero-order chi connectivity index (χ0) is 10.4. The van der Waals surface area contributed by atoms with Gasteiger partial charge in [0.1, 0.15) is 0 Å². The third-order valence-corrected chi connectivity index (χ3v) is 7.65. The predicted molar refractivity (Wildman–Crippen MR) is 69.0 cm³/mol. The first kappa shape index (κ1) is 15.8. The largest absolute Gasteiger partial charge is 1.00 e. The minimum absolute atomic E-state index is 0. The van der Waals surface area contributed by atoms with Crippen LogP contribution in [0.4, 0.5) is 0 Å². The van der Waals surface area contributed by atoms with E-state index in [2.05, 4.69) is 51.1 Å². The summed E-state index contributed by atoms with van der Waals surface area (Å²) in [6, 6.07) is 11.0. The third-order valence-electron chi connectivity index (χ3n) is 3.36. The summed E-state index contributed by atoms with van der Waals surface area (Å²) < 4.78 is 1.57. The smallest absolute Gasteiger partial charge is 1.00 e. The van der Waals surface area contributed by atoms with Crippen LogP contribution in [0.2, 0.25) is 19.0 Å². The molecule has 0 aliphatic rings. The molecule has 0 aromatic heterocycles. The molecule has 0 spiro atoms. The van der Waals surface area contributed by atoms with Crippen LogP contribution in [0.15, 0.2) is 30.3 Å². The van der Waals surface area contributed by atoms with Gasteiger partial charge in [-0.05, 0) is 0 Å². The first-order chi connectivity index (χ1) is 6.76. The maximum atomic E-state index is 2.36. The molecule has 15 heavy (non-hydrogen) atoms. The van der Waals surface area contributed by atoms with Crippen LogP contribution in [-0.2, 0) is 0 Å². The Morgan fingerprint density at radius 1 is 0.933 bits per heavy atom. The van der Waals surface area contributed by atoms with Crippen LogP contribution < -0.4 is 34.0 Å². The number of hydrogen-bond donors (Lipinski definition) is 0. The van der Waals surface area contributed by atoms with Crippen LogP contribution in [-0.4, -0.2) is 19.7 Å². The molecule has 0 N–H and O–H groups in total. The van der Waals surface area contributed by atoms with Gasteiger partial charge >= 0.3 is 124 Å². The van der Waals surface area contributed by atoms with Crippen LogP contribution >= 0.6 is 0 Å². The van der Waals surface area contributed by atoms with Crippen molar-refractivity contribution >= 4 is 24.2 Å². The second kappa shape index (κ2) is 7.98. The van der Waals surface area contributed by atoms with Crippen LogP contribution in [0.1, 0.15) is 20.8 Å². The van der Waals surface area contributed by atoms with Gasteiger partial charge in [0.05, 0.1) is 0 Å². The van der Waals surface area contributed by atoms with E-state index < -0.39 is 0 Å². The van der Waals surface area contributed by atoms with Gasteiger partial charge in [0.15, 0.2) is 0 Å². The molecule has 0 aliphatic heterocycles. The molecule has 3 heteroatoms. The van der Waals surface area contributed by atoms with Crippen LogP contribution in [0.5, 0.6) is 0 Å². The second-order valence-corrected chi connectivity index (χ2v) is 7.60. The molecule has 0 saturated heterocycles. The summed E-state index contributed by atoms with van der Waals surface area (Å²) >= 11 is 0.694.